The Morgan fingerprint density at radius 1 is 1.44 bits per heavy atom. The van der Waals surface area contributed by atoms with Gasteiger partial charge in [0.1, 0.15) is 0 Å². The topological polar surface area (TPSA) is 29.5 Å². The van der Waals surface area contributed by atoms with Gasteiger partial charge in [-0.1, -0.05) is 31.9 Å². The maximum Gasteiger partial charge on any atom is 0.387 e. The fourth-order valence-electron chi connectivity index (χ4n) is 1.80. The number of rotatable bonds is 3. The van der Waals surface area contributed by atoms with E-state index < -0.39 is 6.61 Å². The highest BCUT2D eigenvalue weighted by Crippen LogP contribution is 2.36. The molecule has 0 aromatic heterocycles. The summed E-state index contributed by atoms with van der Waals surface area (Å²) in [5.74, 6) is -0.118. The van der Waals surface area contributed by atoms with E-state index in [1.807, 2.05) is 0 Å². The third-order valence-corrected chi connectivity index (χ3v) is 3.61. The van der Waals surface area contributed by atoms with Gasteiger partial charge in [0, 0.05) is 22.3 Å². The molecule has 1 amide bonds. The van der Waals surface area contributed by atoms with Gasteiger partial charge in [-0.25, -0.2) is 0 Å². The first kappa shape index (κ1) is 13.7. The van der Waals surface area contributed by atoms with Crippen molar-refractivity contribution in [3.63, 3.8) is 0 Å². The van der Waals surface area contributed by atoms with E-state index in [1.54, 1.807) is 12.1 Å². The Kier molecular flexibility index (Phi) is 4.21. The number of anilines is 1. The number of carbonyl (C=O) groups excluding carboxylic acids is 1. The third kappa shape index (κ3) is 3.00. The highest BCUT2D eigenvalue weighted by atomic mass is 79.9. The average molecular weight is 385 g/mol. The fourth-order valence-corrected chi connectivity index (χ4v) is 2.70. The first-order valence-electron chi connectivity index (χ1n) is 5.16. The molecule has 0 aliphatic carbocycles. The molecule has 0 radical (unpaired) electrons. The van der Waals surface area contributed by atoms with Crippen molar-refractivity contribution in [2.45, 2.75) is 17.9 Å². The molecule has 1 heterocycles. The molecule has 1 aliphatic heterocycles. The first-order chi connectivity index (χ1) is 8.47. The SMILES string of the molecule is O=C1CC(Br)CN1c1ccc(Br)cc1OC(F)F. The number of carbonyl (C=O) groups is 1. The van der Waals surface area contributed by atoms with E-state index in [9.17, 15) is 13.6 Å². The minimum absolute atomic E-state index is 0.00525. The van der Waals surface area contributed by atoms with Crippen LogP contribution >= 0.6 is 31.9 Å². The average Bonchev–Trinajstić information content (AvgIpc) is 2.57. The van der Waals surface area contributed by atoms with Crippen molar-refractivity contribution in [1.29, 1.82) is 0 Å². The van der Waals surface area contributed by atoms with Gasteiger partial charge >= 0.3 is 6.61 Å². The quantitative estimate of drug-likeness (QED) is 0.746. The number of amides is 1. The van der Waals surface area contributed by atoms with E-state index in [4.69, 9.17) is 0 Å². The van der Waals surface area contributed by atoms with Crippen molar-refractivity contribution < 1.29 is 18.3 Å². The largest absolute Gasteiger partial charge is 0.433 e. The van der Waals surface area contributed by atoms with Crippen molar-refractivity contribution in [3.05, 3.63) is 22.7 Å². The van der Waals surface area contributed by atoms with Crippen LogP contribution in [-0.2, 0) is 4.79 Å². The van der Waals surface area contributed by atoms with E-state index in [0.29, 0.717) is 23.1 Å². The molecule has 1 saturated heterocycles. The van der Waals surface area contributed by atoms with Crippen LogP contribution in [0, 0.1) is 0 Å². The van der Waals surface area contributed by atoms with E-state index in [2.05, 4.69) is 36.6 Å². The molecule has 1 unspecified atom stereocenters. The number of nitrogens with zero attached hydrogens (tertiary/aromatic N) is 1. The van der Waals surface area contributed by atoms with E-state index >= 15 is 0 Å². The lowest BCUT2D eigenvalue weighted by molar-refractivity contribution is -0.117. The highest BCUT2D eigenvalue weighted by Gasteiger charge is 2.31. The van der Waals surface area contributed by atoms with Crippen molar-refractivity contribution >= 4 is 43.5 Å². The van der Waals surface area contributed by atoms with Gasteiger partial charge in [-0.2, -0.15) is 8.78 Å². The molecule has 1 aromatic rings. The maximum atomic E-state index is 12.3. The second kappa shape index (κ2) is 5.52. The number of alkyl halides is 3. The summed E-state index contributed by atoms with van der Waals surface area (Å²) in [6, 6.07) is 4.70. The monoisotopic (exact) mass is 383 g/mol. The van der Waals surface area contributed by atoms with Crippen LogP contribution < -0.4 is 9.64 Å². The lowest BCUT2D eigenvalue weighted by Gasteiger charge is -2.20. The number of halogens is 4. The van der Waals surface area contributed by atoms with Crippen LogP contribution in [0.15, 0.2) is 22.7 Å². The molecule has 1 fully saturated rings. The Labute approximate surface area is 119 Å². The number of hydrogen-bond donors (Lipinski definition) is 0. The molecule has 1 aliphatic rings. The molecule has 2 rings (SSSR count). The highest BCUT2D eigenvalue weighted by molar-refractivity contribution is 9.10. The zero-order chi connectivity index (χ0) is 13.3. The third-order valence-electron chi connectivity index (χ3n) is 2.51. The normalized spacial score (nSPS) is 19.7. The van der Waals surface area contributed by atoms with Crippen LogP contribution in [0.2, 0.25) is 0 Å². The Morgan fingerprint density at radius 2 is 2.17 bits per heavy atom. The van der Waals surface area contributed by atoms with Gasteiger partial charge in [0.2, 0.25) is 5.91 Å². The summed E-state index contributed by atoms with van der Waals surface area (Å²) in [4.78, 5) is 13.2. The summed E-state index contributed by atoms with van der Waals surface area (Å²) >= 11 is 6.53. The van der Waals surface area contributed by atoms with Crippen LogP contribution in [0.1, 0.15) is 6.42 Å². The second-order valence-electron chi connectivity index (χ2n) is 3.80. The number of ether oxygens (including phenoxy) is 1. The van der Waals surface area contributed by atoms with Crippen LogP contribution in [0.5, 0.6) is 5.75 Å². The fraction of sp³-hybridized carbons (Fsp3) is 0.364. The summed E-state index contributed by atoms with van der Waals surface area (Å²) in [5, 5.41) is 0. The smallest absolute Gasteiger partial charge is 0.387 e. The molecule has 0 spiro atoms. The zero-order valence-electron chi connectivity index (χ0n) is 9.08. The Balaban J connectivity index is 2.34. The van der Waals surface area contributed by atoms with Gasteiger partial charge in [-0.05, 0) is 18.2 Å². The van der Waals surface area contributed by atoms with Gasteiger partial charge < -0.3 is 9.64 Å². The van der Waals surface area contributed by atoms with Crippen molar-refractivity contribution in [1.82, 2.24) is 0 Å². The molecular formula is C11H9Br2F2NO2. The van der Waals surface area contributed by atoms with Crippen molar-refractivity contribution in [3.8, 4) is 5.75 Å². The molecule has 7 heteroatoms. The summed E-state index contributed by atoms with van der Waals surface area (Å²) in [7, 11) is 0. The van der Waals surface area contributed by atoms with E-state index in [-0.39, 0.29) is 16.5 Å². The molecule has 18 heavy (non-hydrogen) atoms. The summed E-state index contributed by atoms with van der Waals surface area (Å²) in [6.45, 7) is -2.48. The van der Waals surface area contributed by atoms with Crippen molar-refractivity contribution in [2.24, 2.45) is 0 Å². The number of hydrogen-bond acceptors (Lipinski definition) is 2. The van der Waals surface area contributed by atoms with Crippen LogP contribution in [0.3, 0.4) is 0 Å². The summed E-state index contributed by atoms with van der Waals surface area (Å²) < 4.78 is 29.7. The van der Waals surface area contributed by atoms with Gasteiger partial charge in [-0.15, -0.1) is 0 Å². The molecule has 1 aromatic carbocycles. The first-order valence-corrected chi connectivity index (χ1v) is 6.87. The molecule has 0 saturated carbocycles. The van der Waals surface area contributed by atoms with E-state index in [1.165, 1.54) is 11.0 Å². The Morgan fingerprint density at radius 3 is 2.72 bits per heavy atom. The molecule has 0 bridgehead atoms. The Hall–Kier alpha value is -0.690. The number of benzene rings is 1. The molecule has 3 nitrogen and oxygen atoms in total. The summed E-state index contributed by atoms with van der Waals surface area (Å²) in [6.07, 6.45) is 0.351. The van der Waals surface area contributed by atoms with Gasteiger partial charge in [0.15, 0.2) is 5.75 Å². The second-order valence-corrected chi connectivity index (χ2v) is 6.01. The molecule has 0 N–H and O–H groups in total. The van der Waals surface area contributed by atoms with Crippen molar-refractivity contribution in [2.75, 3.05) is 11.4 Å². The predicted molar refractivity (Wildman–Crippen MR) is 70.5 cm³/mol. The van der Waals surface area contributed by atoms with Crippen LogP contribution in [0.25, 0.3) is 0 Å². The van der Waals surface area contributed by atoms with E-state index in [0.717, 1.165) is 0 Å². The van der Waals surface area contributed by atoms with Crippen LogP contribution in [-0.4, -0.2) is 23.9 Å². The minimum atomic E-state index is -2.92. The van der Waals surface area contributed by atoms with Crippen LogP contribution in [0.4, 0.5) is 14.5 Å². The minimum Gasteiger partial charge on any atom is -0.433 e. The van der Waals surface area contributed by atoms with Gasteiger partial charge in [0.25, 0.3) is 0 Å². The molecule has 98 valence electrons. The molecular weight excluding hydrogens is 376 g/mol. The van der Waals surface area contributed by atoms with Gasteiger partial charge in [0.05, 0.1) is 5.69 Å². The Bertz CT molecular complexity index is 470. The summed E-state index contributed by atoms with van der Waals surface area (Å²) in [5.41, 5.74) is 0.366. The zero-order valence-corrected chi connectivity index (χ0v) is 12.2. The lowest BCUT2D eigenvalue weighted by atomic mass is 10.2. The molecule has 1 atom stereocenters. The standard InChI is InChI=1S/C11H9Br2F2NO2/c12-6-1-2-8(9(3-6)18-11(14)15)16-5-7(13)4-10(16)17/h1-3,7,11H,4-5H2. The lowest BCUT2D eigenvalue weighted by Crippen LogP contribution is -2.25. The maximum absolute atomic E-state index is 12.3. The predicted octanol–water partition coefficient (Wildman–Crippen LogP) is 3.55. The van der Waals surface area contributed by atoms with Gasteiger partial charge in [-0.3, -0.25) is 4.79 Å².